The number of rotatable bonds is 8. The van der Waals surface area contributed by atoms with Crippen LogP contribution >= 0.6 is 0 Å². The van der Waals surface area contributed by atoms with Crippen molar-refractivity contribution in [2.45, 2.75) is 19.1 Å². The summed E-state index contributed by atoms with van der Waals surface area (Å²) in [5, 5.41) is 9.95. The number of pyridine rings is 1. The Balaban J connectivity index is 1.63. The molecule has 1 atom stereocenters. The van der Waals surface area contributed by atoms with E-state index in [-0.39, 0.29) is 17.6 Å². The number of phenolic OH excluding ortho intramolecular Hbond substituents is 1. The predicted molar refractivity (Wildman–Crippen MR) is 86.2 cm³/mol. The predicted octanol–water partition coefficient (Wildman–Crippen LogP) is 2.66. The van der Waals surface area contributed by atoms with Crippen LogP contribution in [0.2, 0.25) is 0 Å². The van der Waals surface area contributed by atoms with Crippen molar-refractivity contribution in [3.63, 3.8) is 0 Å². The summed E-state index contributed by atoms with van der Waals surface area (Å²) in [7, 11) is 1.56. The minimum Gasteiger partial charge on any atom is -0.507 e. The lowest BCUT2D eigenvalue weighted by molar-refractivity contribution is 0.0927. The Hall–Kier alpha value is -2.44. The van der Waals surface area contributed by atoms with Crippen LogP contribution in [-0.2, 0) is 16.1 Å². The molecule has 126 valence electrons. The number of epoxide rings is 1. The van der Waals surface area contributed by atoms with E-state index in [1.807, 2.05) is 6.07 Å². The fourth-order valence-electron chi connectivity index (χ4n) is 2.36. The minimum atomic E-state index is -0.0971. The zero-order valence-corrected chi connectivity index (χ0v) is 13.4. The van der Waals surface area contributed by atoms with E-state index in [1.54, 1.807) is 37.6 Å². The van der Waals surface area contributed by atoms with E-state index in [1.165, 1.54) is 0 Å². The van der Waals surface area contributed by atoms with Crippen molar-refractivity contribution in [2.75, 3.05) is 20.3 Å². The molecule has 1 fully saturated rings. The number of aromatic hydroxyl groups is 1. The highest BCUT2D eigenvalue weighted by atomic mass is 16.6. The number of carbonyl (C=O) groups is 1. The van der Waals surface area contributed by atoms with Gasteiger partial charge in [0.05, 0.1) is 18.8 Å². The summed E-state index contributed by atoms with van der Waals surface area (Å²) in [6, 6.07) is 8.64. The van der Waals surface area contributed by atoms with Crippen molar-refractivity contribution >= 4 is 5.78 Å². The molecule has 0 spiro atoms. The van der Waals surface area contributed by atoms with Crippen LogP contribution in [0.25, 0.3) is 0 Å². The summed E-state index contributed by atoms with van der Waals surface area (Å²) in [5.74, 6) is 0.718. The maximum Gasteiger partial charge on any atom is 0.183 e. The summed E-state index contributed by atoms with van der Waals surface area (Å²) in [6.07, 6.45) is 1.84. The molecular formula is C18H19NO5. The first-order valence-electron chi connectivity index (χ1n) is 7.72. The van der Waals surface area contributed by atoms with E-state index in [0.717, 1.165) is 5.56 Å². The summed E-state index contributed by atoms with van der Waals surface area (Å²) >= 11 is 0. The Morgan fingerprint density at radius 1 is 1.38 bits per heavy atom. The van der Waals surface area contributed by atoms with Crippen LogP contribution < -0.4 is 4.74 Å². The Bertz CT molecular complexity index is 710. The molecule has 1 unspecified atom stereocenters. The van der Waals surface area contributed by atoms with Crippen LogP contribution in [-0.4, -0.2) is 36.2 Å². The van der Waals surface area contributed by atoms with E-state index >= 15 is 0 Å². The Morgan fingerprint density at radius 2 is 2.21 bits per heavy atom. The smallest absolute Gasteiger partial charge is 0.183 e. The average molecular weight is 329 g/mol. The molecule has 24 heavy (non-hydrogen) atoms. The van der Waals surface area contributed by atoms with Crippen LogP contribution in [0, 0.1) is 0 Å². The molecule has 0 saturated carbocycles. The third-order valence-electron chi connectivity index (χ3n) is 3.74. The number of methoxy groups -OCH3 is 1. The molecular weight excluding hydrogens is 310 g/mol. The summed E-state index contributed by atoms with van der Waals surface area (Å²) < 4.78 is 15.9. The number of ether oxygens (including phenoxy) is 3. The zero-order chi connectivity index (χ0) is 16.9. The number of benzene rings is 1. The van der Waals surface area contributed by atoms with Gasteiger partial charge in [-0.05, 0) is 18.2 Å². The Morgan fingerprint density at radius 3 is 2.88 bits per heavy atom. The fraction of sp³-hybridized carbons (Fsp3) is 0.333. The molecule has 6 nitrogen and oxygen atoms in total. The number of hydrogen-bond donors (Lipinski definition) is 1. The molecule has 1 aliphatic rings. The quantitative estimate of drug-likeness (QED) is 0.592. The SMILES string of the molecule is COCCC(=O)c1ccc(COc2cccc(O)c2C2CO2)cn1. The van der Waals surface area contributed by atoms with Crippen molar-refractivity contribution in [3.05, 3.63) is 53.3 Å². The number of Topliss-reactive ketones (excluding diaryl/α,β-unsaturated/α-hetero) is 1. The molecule has 0 amide bonds. The molecule has 1 aromatic heterocycles. The fourth-order valence-corrected chi connectivity index (χ4v) is 2.36. The lowest BCUT2D eigenvalue weighted by Crippen LogP contribution is -2.06. The highest BCUT2D eigenvalue weighted by Gasteiger charge is 2.31. The number of aromatic nitrogens is 1. The summed E-state index contributed by atoms with van der Waals surface area (Å²) in [6.45, 7) is 1.27. The molecule has 0 bridgehead atoms. The maximum atomic E-state index is 11.8. The van der Waals surface area contributed by atoms with E-state index in [2.05, 4.69) is 4.98 Å². The van der Waals surface area contributed by atoms with Crippen molar-refractivity contribution in [1.29, 1.82) is 0 Å². The standard InChI is InChI=1S/C18H19NO5/c1-22-8-7-14(20)13-6-5-12(9-19-13)10-23-16-4-2-3-15(21)18(16)17-11-24-17/h2-6,9,17,21H,7-8,10-11H2,1H3. The topological polar surface area (TPSA) is 81.2 Å². The van der Waals surface area contributed by atoms with Gasteiger partial charge in [0.2, 0.25) is 0 Å². The molecule has 0 aliphatic carbocycles. The lowest BCUT2D eigenvalue weighted by atomic mass is 10.1. The van der Waals surface area contributed by atoms with E-state index in [9.17, 15) is 9.90 Å². The summed E-state index contributed by atoms with van der Waals surface area (Å²) in [4.78, 5) is 16.0. The van der Waals surface area contributed by atoms with Gasteiger partial charge in [-0.15, -0.1) is 0 Å². The van der Waals surface area contributed by atoms with Crippen LogP contribution in [0.4, 0.5) is 0 Å². The van der Waals surface area contributed by atoms with Crippen molar-refractivity contribution in [2.24, 2.45) is 0 Å². The maximum absolute atomic E-state index is 11.8. The first kappa shape index (κ1) is 16.4. The van der Waals surface area contributed by atoms with Crippen LogP contribution in [0.5, 0.6) is 11.5 Å². The third-order valence-corrected chi connectivity index (χ3v) is 3.74. The third kappa shape index (κ3) is 3.90. The van der Waals surface area contributed by atoms with Gasteiger partial charge in [0.15, 0.2) is 5.78 Å². The monoisotopic (exact) mass is 329 g/mol. The molecule has 3 rings (SSSR count). The van der Waals surface area contributed by atoms with Crippen molar-refractivity contribution in [3.8, 4) is 11.5 Å². The van der Waals surface area contributed by atoms with Crippen LogP contribution in [0.3, 0.4) is 0 Å². The molecule has 6 heteroatoms. The number of phenols is 1. The molecule has 1 N–H and O–H groups in total. The number of carbonyl (C=O) groups excluding carboxylic acids is 1. The van der Waals surface area contributed by atoms with Gasteiger partial charge in [0, 0.05) is 25.3 Å². The number of nitrogens with zero attached hydrogens (tertiary/aromatic N) is 1. The summed E-state index contributed by atoms with van der Waals surface area (Å²) in [5.41, 5.74) is 1.93. The van der Waals surface area contributed by atoms with Crippen LogP contribution in [0.15, 0.2) is 36.5 Å². The van der Waals surface area contributed by atoms with Gasteiger partial charge in [0.1, 0.15) is 29.9 Å². The average Bonchev–Trinajstić information content (AvgIpc) is 3.43. The highest BCUT2D eigenvalue weighted by Crippen LogP contribution is 2.42. The number of ketones is 1. The molecule has 1 aromatic carbocycles. The normalized spacial score (nSPS) is 16.0. The molecule has 1 saturated heterocycles. The van der Waals surface area contributed by atoms with Gasteiger partial charge in [-0.2, -0.15) is 0 Å². The lowest BCUT2D eigenvalue weighted by Gasteiger charge is -2.11. The minimum absolute atomic E-state index is 0.0505. The van der Waals surface area contributed by atoms with Gasteiger partial charge in [-0.3, -0.25) is 9.78 Å². The molecule has 2 heterocycles. The van der Waals surface area contributed by atoms with Crippen molar-refractivity contribution in [1.82, 2.24) is 4.98 Å². The highest BCUT2D eigenvalue weighted by molar-refractivity contribution is 5.94. The van der Waals surface area contributed by atoms with E-state index in [4.69, 9.17) is 14.2 Å². The number of hydrogen-bond acceptors (Lipinski definition) is 6. The molecule has 2 aromatic rings. The first-order valence-corrected chi connectivity index (χ1v) is 7.72. The van der Waals surface area contributed by atoms with Gasteiger partial charge >= 0.3 is 0 Å². The first-order chi connectivity index (χ1) is 11.7. The Kier molecular flexibility index (Phi) is 5.08. The van der Waals surface area contributed by atoms with Crippen molar-refractivity contribution < 1.29 is 24.1 Å². The second-order valence-corrected chi connectivity index (χ2v) is 5.52. The van der Waals surface area contributed by atoms with Gasteiger partial charge < -0.3 is 19.3 Å². The van der Waals surface area contributed by atoms with E-state index in [0.29, 0.717) is 43.2 Å². The molecule has 1 aliphatic heterocycles. The Labute approximate surface area is 140 Å². The molecule has 0 radical (unpaired) electrons. The van der Waals surface area contributed by atoms with Gasteiger partial charge in [-0.1, -0.05) is 12.1 Å². The van der Waals surface area contributed by atoms with E-state index < -0.39 is 0 Å². The van der Waals surface area contributed by atoms with Gasteiger partial charge in [-0.25, -0.2) is 0 Å². The largest absolute Gasteiger partial charge is 0.507 e. The van der Waals surface area contributed by atoms with Gasteiger partial charge in [0.25, 0.3) is 0 Å². The second-order valence-electron chi connectivity index (χ2n) is 5.52. The zero-order valence-electron chi connectivity index (χ0n) is 13.4. The second kappa shape index (κ2) is 7.42. The van der Waals surface area contributed by atoms with Crippen LogP contribution in [0.1, 0.15) is 34.1 Å².